The molecule has 1 aliphatic carbocycles. The van der Waals surface area contributed by atoms with Crippen LogP contribution >= 0.6 is 11.6 Å². The largest absolute Gasteiger partial charge is 0.322 e. The number of aromatic nitrogens is 1. The minimum absolute atomic E-state index is 0.00370. The molecule has 0 radical (unpaired) electrons. The van der Waals surface area contributed by atoms with Crippen molar-refractivity contribution in [2.45, 2.75) is 31.3 Å². The number of imide groups is 1. The second kappa shape index (κ2) is 5.56. The summed E-state index contributed by atoms with van der Waals surface area (Å²) >= 11 is 5.99. The summed E-state index contributed by atoms with van der Waals surface area (Å²) in [6.45, 7) is 0. The molecule has 1 aromatic heterocycles. The molecular weight excluding hydrogens is 330 g/mol. The van der Waals surface area contributed by atoms with Crippen molar-refractivity contribution in [3.8, 4) is 0 Å². The molecule has 0 spiro atoms. The Hall–Kier alpha value is -2.47. The Balaban J connectivity index is 1.70. The lowest BCUT2D eigenvalue weighted by Crippen LogP contribution is -2.46. The van der Waals surface area contributed by atoms with Crippen LogP contribution in [0.4, 0.5) is 0 Å². The van der Waals surface area contributed by atoms with Gasteiger partial charge in [-0.3, -0.25) is 19.7 Å². The van der Waals surface area contributed by atoms with Gasteiger partial charge in [0.1, 0.15) is 11.7 Å². The molecule has 2 heterocycles. The number of amides is 3. The molecule has 7 heteroatoms. The van der Waals surface area contributed by atoms with Gasteiger partial charge in [-0.25, -0.2) is 4.98 Å². The van der Waals surface area contributed by atoms with Crippen LogP contribution < -0.4 is 5.32 Å². The highest BCUT2D eigenvalue weighted by Gasteiger charge is 2.45. The predicted octanol–water partition coefficient (Wildman–Crippen LogP) is 1.91. The number of benzene rings is 1. The molecule has 2 aliphatic rings. The summed E-state index contributed by atoms with van der Waals surface area (Å²) < 4.78 is 0. The number of halogens is 1. The standard InChI is InChI=1S/C17H14ClN3O3/c18-10-3-1-9-2-6-12(19-13(9)7-10)17(24)21(11-4-5-11)14-8-15(22)20-16(14)23/h1-3,6-7,11,14H,4-5,8H2,(H,20,22,23)/t14-/m0/s1. The third-order valence-corrected chi connectivity index (χ3v) is 4.56. The van der Waals surface area contributed by atoms with Crippen LogP contribution in [0, 0.1) is 0 Å². The lowest BCUT2D eigenvalue weighted by Gasteiger charge is -2.26. The Kier molecular flexibility index (Phi) is 3.49. The zero-order valence-electron chi connectivity index (χ0n) is 12.7. The molecule has 1 N–H and O–H groups in total. The molecule has 24 heavy (non-hydrogen) atoms. The lowest BCUT2D eigenvalue weighted by atomic mass is 10.1. The van der Waals surface area contributed by atoms with Crippen molar-refractivity contribution in [1.29, 1.82) is 0 Å². The molecule has 1 saturated carbocycles. The lowest BCUT2D eigenvalue weighted by molar-refractivity contribution is -0.126. The molecule has 6 nitrogen and oxygen atoms in total. The minimum atomic E-state index is -0.741. The SMILES string of the molecule is O=C1C[C@H](N(C(=O)c2ccc3ccc(Cl)cc3n2)C2CC2)C(=O)N1. The van der Waals surface area contributed by atoms with E-state index in [9.17, 15) is 14.4 Å². The van der Waals surface area contributed by atoms with E-state index in [1.807, 2.05) is 6.07 Å². The zero-order chi connectivity index (χ0) is 16.8. The molecule has 2 fully saturated rings. The van der Waals surface area contributed by atoms with Gasteiger partial charge in [0.15, 0.2) is 0 Å². The Bertz CT molecular complexity index is 879. The maximum Gasteiger partial charge on any atom is 0.273 e. The van der Waals surface area contributed by atoms with Crippen LogP contribution in [0.3, 0.4) is 0 Å². The second-order valence-electron chi connectivity index (χ2n) is 6.11. The van der Waals surface area contributed by atoms with E-state index in [0.29, 0.717) is 10.5 Å². The third-order valence-electron chi connectivity index (χ3n) is 4.33. The first-order valence-electron chi connectivity index (χ1n) is 7.75. The summed E-state index contributed by atoms with van der Waals surface area (Å²) in [5.41, 5.74) is 0.875. The van der Waals surface area contributed by atoms with Crippen LogP contribution in [0.2, 0.25) is 5.02 Å². The van der Waals surface area contributed by atoms with Gasteiger partial charge in [0.05, 0.1) is 11.9 Å². The maximum atomic E-state index is 12.9. The van der Waals surface area contributed by atoms with Gasteiger partial charge in [0.25, 0.3) is 5.91 Å². The van der Waals surface area contributed by atoms with Crippen LogP contribution in [0.15, 0.2) is 30.3 Å². The average molecular weight is 344 g/mol. The first-order valence-corrected chi connectivity index (χ1v) is 8.13. The summed E-state index contributed by atoms with van der Waals surface area (Å²) in [6, 6.07) is 7.99. The van der Waals surface area contributed by atoms with Crippen molar-refractivity contribution >= 4 is 40.2 Å². The summed E-state index contributed by atoms with van der Waals surface area (Å²) in [5.74, 6) is -1.08. The van der Waals surface area contributed by atoms with Crippen molar-refractivity contribution in [3.05, 3.63) is 41.0 Å². The molecule has 0 bridgehead atoms. The zero-order valence-corrected chi connectivity index (χ0v) is 13.4. The quantitative estimate of drug-likeness (QED) is 0.863. The molecule has 3 amide bonds. The molecule has 1 atom stereocenters. The Labute approximate surface area is 142 Å². The van der Waals surface area contributed by atoms with Crippen molar-refractivity contribution in [2.24, 2.45) is 0 Å². The molecule has 4 rings (SSSR count). The van der Waals surface area contributed by atoms with E-state index >= 15 is 0 Å². The van der Waals surface area contributed by atoms with Crippen LogP contribution in [0.25, 0.3) is 10.9 Å². The van der Waals surface area contributed by atoms with Gasteiger partial charge in [-0.2, -0.15) is 0 Å². The van der Waals surface area contributed by atoms with Gasteiger partial charge < -0.3 is 4.90 Å². The number of rotatable bonds is 3. The average Bonchev–Trinajstić information content (AvgIpc) is 3.32. The van der Waals surface area contributed by atoms with E-state index in [1.54, 1.807) is 24.3 Å². The Morgan fingerprint density at radius 1 is 1.21 bits per heavy atom. The first kappa shape index (κ1) is 15.1. The van der Waals surface area contributed by atoms with Gasteiger partial charge in [-0.1, -0.05) is 23.7 Å². The normalized spacial score (nSPS) is 20.3. The number of nitrogens with one attached hydrogen (secondary N) is 1. The van der Waals surface area contributed by atoms with Crippen molar-refractivity contribution in [1.82, 2.24) is 15.2 Å². The monoisotopic (exact) mass is 343 g/mol. The number of fused-ring (bicyclic) bond motifs is 1. The summed E-state index contributed by atoms with van der Waals surface area (Å²) in [5, 5.41) is 3.68. The van der Waals surface area contributed by atoms with Gasteiger partial charge in [0.2, 0.25) is 11.8 Å². The van der Waals surface area contributed by atoms with E-state index in [0.717, 1.165) is 18.2 Å². The van der Waals surface area contributed by atoms with Crippen molar-refractivity contribution in [3.63, 3.8) is 0 Å². The number of carbonyl (C=O) groups excluding carboxylic acids is 3. The maximum absolute atomic E-state index is 12.9. The van der Waals surface area contributed by atoms with E-state index in [2.05, 4.69) is 10.3 Å². The molecule has 122 valence electrons. The number of carbonyl (C=O) groups is 3. The number of nitrogens with zero attached hydrogens (tertiary/aromatic N) is 2. The smallest absolute Gasteiger partial charge is 0.273 e. The van der Waals surface area contributed by atoms with Crippen LogP contribution in [0.1, 0.15) is 29.8 Å². The molecule has 1 aromatic carbocycles. The van der Waals surface area contributed by atoms with E-state index < -0.39 is 11.9 Å². The van der Waals surface area contributed by atoms with Crippen LogP contribution in [-0.2, 0) is 9.59 Å². The van der Waals surface area contributed by atoms with E-state index in [1.165, 1.54) is 4.90 Å². The molecule has 2 aromatic rings. The number of hydrogen-bond donors (Lipinski definition) is 1. The highest BCUT2D eigenvalue weighted by Crippen LogP contribution is 2.32. The number of pyridine rings is 1. The van der Waals surface area contributed by atoms with Gasteiger partial charge in [-0.15, -0.1) is 0 Å². The summed E-state index contributed by atoms with van der Waals surface area (Å²) in [4.78, 5) is 42.3. The fourth-order valence-corrected chi connectivity index (χ4v) is 3.19. The molecule has 1 aliphatic heterocycles. The Morgan fingerprint density at radius 3 is 2.62 bits per heavy atom. The Morgan fingerprint density at radius 2 is 1.96 bits per heavy atom. The van der Waals surface area contributed by atoms with Crippen molar-refractivity contribution < 1.29 is 14.4 Å². The van der Waals surface area contributed by atoms with Gasteiger partial charge >= 0.3 is 0 Å². The van der Waals surface area contributed by atoms with Crippen molar-refractivity contribution in [2.75, 3.05) is 0 Å². The fraction of sp³-hybridized carbons (Fsp3) is 0.294. The van der Waals surface area contributed by atoms with Gasteiger partial charge in [0, 0.05) is 16.5 Å². The summed E-state index contributed by atoms with van der Waals surface area (Å²) in [6.07, 6.45) is 1.69. The summed E-state index contributed by atoms with van der Waals surface area (Å²) in [7, 11) is 0. The van der Waals surface area contributed by atoms with E-state index in [-0.39, 0.29) is 30.0 Å². The number of hydrogen-bond acceptors (Lipinski definition) is 4. The van der Waals surface area contributed by atoms with Gasteiger partial charge in [-0.05, 0) is 31.0 Å². The highest BCUT2D eigenvalue weighted by atomic mass is 35.5. The second-order valence-corrected chi connectivity index (χ2v) is 6.55. The topological polar surface area (TPSA) is 79.4 Å². The van der Waals surface area contributed by atoms with Crippen LogP contribution in [0.5, 0.6) is 0 Å². The fourth-order valence-electron chi connectivity index (χ4n) is 3.02. The van der Waals surface area contributed by atoms with E-state index in [4.69, 9.17) is 11.6 Å². The van der Waals surface area contributed by atoms with Crippen LogP contribution in [-0.4, -0.2) is 39.7 Å². The highest BCUT2D eigenvalue weighted by molar-refractivity contribution is 6.31. The molecular formula is C17H14ClN3O3. The third kappa shape index (κ3) is 2.63. The molecule has 1 saturated heterocycles. The predicted molar refractivity (Wildman–Crippen MR) is 87.5 cm³/mol. The molecule has 0 unspecified atom stereocenters. The first-order chi connectivity index (χ1) is 11.5. The minimum Gasteiger partial charge on any atom is -0.322 e.